The quantitative estimate of drug-likeness (QED) is 0.909. The summed E-state index contributed by atoms with van der Waals surface area (Å²) in [5, 5.41) is 2.70. The van der Waals surface area contributed by atoms with E-state index in [1.54, 1.807) is 6.92 Å². The van der Waals surface area contributed by atoms with E-state index in [1.165, 1.54) is 0 Å². The summed E-state index contributed by atoms with van der Waals surface area (Å²) in [7, 11) is 2.08. The van der Waals surface area contributed by atoms with Gasteiger partial charge >= 0.3 is 6.09 Å². The number of hydrogen-bond acceptors (Lipinski definition) is 4. The summed E-state index contributed by atoms with van der Waals surface area (Å²) >= 11 is 0. The Morgan fingerprint density at radius 1 is 1.58 bits per heavy atom. The van der Waals surface area contributed by atoms with Crippen molar-refractivity contribution >= 4 is 11.8 Å². The Kier molecular flexibility index (Phi) is 4.76. The van der Waals surface area contributed by atoms with Crippen LogP contribution in [-0.2, 0) is 9.47 Å². The number of benzene rings is 1. The van der Waals surface area contributed by atoms with Gasteiger partial charge < -0.3 is 14.4 Å². The zero-order valence-electron chi connectivity index (χ0n) is 11.4. The summed E-state index contributed by atoms with van der Waals surface area (Å²) in [5.41, 5.74) is 1.80. The Labute approximate surface area is 113 Å². The summed E-state index contributed by atoms with van der Waals surface area (Å²) in [6, 6.07) is 7.70. The van der Waals surface area contributed by atoms with Crippen LogP contribution in [0.4, 0.5) is 10.5 Å². The molecule has 0 spiro atoms. The lowest BCUT2D eigenvalue weighted by Crippen LogP contribution is -2.35. The lowest BCUT2D eigenvalue weighted by atomic mass is 10.1. The van der Waals surface area contributed by atoms with E-state index in [4.69, 9.17) is 9.47 Å². The highest BCUT2D eigenvalue weighted by Gasteiger charge is 2.19. The van der Waals surface area contributed by atoms with Crippen LogP contribution in [0.5, 0.6) is 0 Å². The van der Waals surface area contributed by atoms with Crippen LogP contribution >= 0.6 is 0 Å². The van der Waals surface area contributed by atoms with Gasteiger partial charge in [-0.2, -0.15) is 0 Å². The van der Waals surface area contributed by atoms with Crippen LogP contribution < -0.4 is 5.32 Å². The zero-order chi connectivity index (χ0) is 13.7. The number of carbonyl (C=O) groups excluding carboxylic acids is 1. The third-order valence-electron chi connectivity index (χ3n) is 3.05. The molecule has 1 fully saturated rings. The zero-order valence-corrected chi connectivity index (χ0v) is 11.4. The molecule has 1 unspecified atom stereocenters. The summed E-state index contributed by atoms with van der Waals surface area (Å²) < 4.78 is 10.6. The number of anilines is 1. The number of hydrogen-bond donors (Lipinski definition) is 1. The van der Waals surface area contributed by atoms with Gasteiger partial charge in [-0.3, -0.25) is 5.32 Å². The number of morpholine rings is 1. The van der Waals surface area contributed by atoms with E-state index in [9.17, 15) is 4.79 Å². The first-order valence-electron chi connectivity index (χ1n) is 6.53. The van der Waals surface area contributed by atoms with Gasteiger partial charge in [0.2, 0.25) is 0 Å². The second-order valence-electron chi connectivity index (χ2n) is 4.59. The molecule has 1 aromatic rings. The molecule has 1 atom stereocenters. The van der Waals surface area contributed by atoms with E-state index in [0.29, 0.717) is 6.61 Å². The van der Waals surface area contributed by atoms with Crippen molar-refractivity contribution in [2.45, 2.75) is 13.0 Å². The monoisotopic (exact) mass is 264 g/mol. The van der Waals surface area contributed by atoms with E-state index >= 15 is 0 Å². The predicted octanol–water partition coefficient (Wildman–Crippen LogP) is 2.26. The largest absolute Gasteiger partial charge is 0.450 e. The van der Waals surface area contributed by atoms with Gasteiger partial charge in [0, 0.05) is 18.8 Å². The molecule has 5 nitrogen and oxygen atoms in total. The Hall–Kier alpha value is -1.59. The van der Waals surface area contributed by atoms with Gasteiger partial charge in [0.15, 0.2) is 0 Å². The van der Waals surface area contributed by atoms with Crippen molar-refractivity contribution in [1.29, 1.82) is 0 Å². The highest BCUT2D eigenvalue weighted by Crippen LogP contribution is 2.24. The molecule has 104 valence electrons. The van der Waals surface area contributed by atoms with E-state index in [-0.39, 0.29) is 6.10 Å². The SMILES string of the molecule is CCOC(=O)Nc1cccc(C2CN(C)CCO2)c1. The molecular weight excluding hydrogens is 244 g/mol. The van der Waals surface area contributed by atoms with Crippen molar-refractivity contribution < 1.29 is 14.3 Å². The van der Waals surface area contributed by atoms with Gasteiger partial charge in [-0.25, -0.2) is 4.79 Å². The fourth-order valence-corrected chi connectivity index (χ4v) is 2.08. The highest BCUT2D eigenvalue weighted by molar-refractivity contribution is 5.84. The predicted molar refractivity (Wildman–Crippen MR) is 73.3 cm³/mol. The summed E-state index contributed by atoms with van der Waals surface area (Å²) in [6.45, 7) is 4.70. The Morgan fingerprint density at radius 3 is 3.16 bits per heavy atom. The van der Waals surface area contributed by atoms with E-state index in [0.717, 1.165) is 30.9 Å². The number of rotatable bonds is 3. The van der Waals surface area contributed by atoms with Gasteiger partial charge in [0.25, 0.3) is 0 Å². The second kappa shape index (κ2) is 6.54. The van der Waals surface area contributed by atoms with Gasteiger partial charge in [-0.15, -0.1) is 0 Å². The first-order valence-corrected chi connectivity index (χ1v) is 6.53. The molecule has 1 heterocycles. The van der Waals surface area contributed by atoms with Crippen LogP contribution in [0, 0.1) is 0 Å². The number of ether oxygens (including phenoxy) is 2. The molecule has 1 aliphatic rings. The van der Waals surface area contributed by atoms with Crippen LogP contribution in [0.1, 0.15) is 18.6 Å². The van der Waals surface area contributed by atoms with Crippen LogP contribution in [0.2, 0.25) is 0 Å². The minimum Gasteiger partial charge on any atom is -0.450 e. The third-order valence-corrected chi connectivity index (χ3v) is 3.05. The molecule has 0 bridgehead atoms. The summed E-state index contributed by atoms with van der Waals surface area (Å²) in [5.74, 6) is 0. The molecule has 1 N–H and O–H groups in total. The molecule has 0 saturated carbocycles. The Balaban J connectivity index is 2.04. The van der Waals surface area contributed by atoms with Crippen molar-refractivity contribution in [2.75, 3.05) is 38.7 Å². The van der Waals surface area contributed by atoms with E-state index < -0.39 is 6.09 Å². The van der Waals surface area contributed by atoms with Gasteiger partial charge in [-0.1, -0.05) is 12.1 Å². The highest BCUT2D eigenvalue weighted by atomic mass is 16.5. The fourth-order valence-electron chi connectivity index (χ4n) is 2.08. The smallest absolute Gasteiger partial charge is 0.411 e. The molecule has 1 amide bonds. The maximum Gasteiger partial charge on any atom is 0.411 e. The molecule has 5 heteroatoms. The number of nitrogens with zero attached hydrogens (tertiary/aromatic N) is 1. The lowest BCUT2D eigenvalue weighted by Gasteiger charge is -2.30. The maximum atomic E-state index is 11.4. The standard InChI is InChI=1S/C14H20N2O3/c1-3-18-14(17)15-12-6-4-5-11(9-12)13-10-16(2)7-8-19-13/h4-6,9,13H,3,7-8,10H2,1-2H3,(H,15,17). The van der Waals surface area contributed by atoms with Crippen LogP contribution in [-0.4, -0.2) is 44.3 Å². The molecule has 1 aliphatic heterocycles. The molecule has 0 aromatic heterocycles. The van der Waals surface area contributed by atoms with Gasteiger partial charge in [0.05, 0.1) is 19.3 Å². The molecule has 19 heavy (non-hydrogen) atoms. The minimum absolute atomic E-state index is 0.0581. The normalized spacial score (nSPS) is 20.0. The number of amides is 1. The molecule has 1 aromatic carbocycles. The maximum absolute atomic E-state index is 11.4. The lowest BCUT2D eigenvalue weighted by molar-refractivity contribution is -0.0208. The number of nitrogens with one attached hydrogen (secondary N) is 1. The van der Waals surface area contributed by atoms with Crippen LogP contribution in [0.3, 0.4) is 0 Å². The van der Waals surface area contributed by atoms with Crippen LogP contribution in [0.25, 0.3) is 0 Å². The second-order valence-corrected chi connectivity index (χ2v) is 4.59. The third kappa shape index (κ3) is 3.94. The molecular formula is C14H20N2O3. The van der Waals surface area contributed by atoms with Crippen molar-refractivity contribution in [3.05, 3.63) is 29.8 Å². The molecule has 1 saturated heterocycles. The van der Waals surface area contributed by atoms with Crippen molar-refractivity contribution in [3.63, 3.8) is 0 Å². The average Bonchev–Trinajstić information content (AvgIpc) is 2.39. The van der Waals surface area contributed by atoms with Crippen molar-refractivity contribution in [2.24, 2.45) is 0 Å². The first-order chi connectivity index (χ1) is 9.19. The molecule has 0 radical (unpaired) electrons. The molecule has 2 rings (SSSR count). The minimum atomic E-state index is -0.429. The summed E-state index contributed by atoms with van der Waals surface area (Å²) in [6.07, 6.45) is -0.371. The van der Waals surface area contributed by atoms with Crippen molar-refractivity contribution in [3.8, 4) is 0 Å². The topological polar surface area (TPSA) is 50.8 Å². The first kappa shape index (κ1) is 13.8. The summed E-state index contributed by atoms with van der Waals surface area (Å²) in [4.78, 5) is 13.6. The fraction of sp³-hybridized carbons (Fsp3) is 0.500. The Morgan fingerprint density at radius 2 is 2.42 bits per heavy atom. The molecule has 0 aliphatic carbocycles. The number of likely N-dealkylation sites (N-methyl/N-ethyl adjacent to an activating group) is 1. The van der Waals surface area contributed by atoms with Crippen LogP contribution in [0.15, 0.2) is 24.3 Å². The average molecular weight is 264 g/mol. The van der Waals surface area contributed by atoms with Gasteiger partial charge in [-0.05, 0) is 31.7 Å². The van der Waals surface area contributed by atoms with Crippen molar-refractivity contribution in [1.82, 2.24) is 4.90 Å². The number of carbonyl (C=O) groups is 1. The van der Waals surface area contributed by atoms with E-state index in [1.807, 2.05) is 24.3 Å². The Bertz CT molecular complexity index is 436. The van der Waals surface area contributed by atoms with Gasteiger partial charge in [0.1, 0.15) is 0 Å². The van der Waals surface area contributed by atoms with E-state index in [2.05, 4.69) is 17.3 Å².